The lowest BCUT2D eigenvalue weighted by molar-refractivity contribution is 0.305. The minimum atomic E-state index is 0.181. The Kier molecular flexibility index (Phi) is 2.66. The first-order valence-electron chi connectivity index (χ1n) is 4.55. The molecule has 0 spiro atoms. The molecule has 1 aliphatic rings. The molecule has 0 unspecified atom stereocenters. The van der Waals surface area contributed by atoms with Crippen molar-refractivity contribution in [2.24, 2.45) is 0 Å². The minimum absolute atomic E-state index is 0.181. The number of hydrogen-bond donors (Lipinski definition) is 1. The molecular formula is C9H11BrClN3. The van der Waals surface area contributed by atoms with E-state index < -0.39 is 0 Å². The smallest absolute Gasteiger partial charge is 0.224 e. The van der Waals surface area contributed by atoms with Gasteiger partial charge < -0.3 is 5.32 Å². The number of nitrogens with zero attached hydrogens (tertiary/aromatic N) is 2. The third-order valence-corrected chi connectivity index (χ3v) is 3.35. The Morgan fingerprint density at radius 2 is 2.29 bits per heavy atom. The van der Waals surface area contributed by atoms with E-state index in [0.717, 1.165) is 10.3 Å². The highest BCUT2D eigenvalue weighted by Crippen LogP contribution is 2.35. The molecule has 1 fully saturated rings. The molecule has 2 rings (SSSR count). The second kappa shape index (κ2) is 3.66. The molecular weight excluding hydrogens is 265 g/mol. The number of nitrogens with one attached hydrogen (secondary N) is 1. The molecule has 3 nitrogen and oxygen atoms in total. The van der Waals surface area contributed by atoms with Gasteiger partial charge in [-0.25, -0.2) is 4.98 Å². The van der Waals surface area contributed by atoms with Gasteiger partial charge in [-0.05, 0) is 53.7 Å². The summed E-state index contributed by atoms with van der Waals surface area (Å²) in [6.45, 7) is 2.19. The van der Waals surface area contributed by atoms with Crippen molar-refractivity contribution in [3.63, 3.8) is 0 Å². The van der Waals surface area contributed by atoms with Crippen LogP contribution >= 0.6 is 27.5 Å². The van der Waals surface area contributed by atoms with Crippen LogP contribution in [0.5, 0.6) is 0 Å². The second-order valence-electron chi connectivity index (χ2n) is 3.87. The lowest BCUT2D eigenvalue weighted by Crippen LogP contribution is -2.42. The first-order valence-corrected chi connectivity index (χ1v) is 5.72. The molecule has 0 bridgehead atoms. The minimum Gasteiger partial charge on any atom is -0.364 e. The summed E-state index contributed by atoms with van der Waals surface area (Å²) in [5.74, 6) is 0.784. The average Bonchev–Trinajstić information content (AvgIpc) is 2.09. The predicted octanol–water partition coefficient (Wildman–Crippen LogP) is 3.25. The molecule has 0 atom stereocenters. The Morgan fingerprint density at radius 1 is 1.57 bits per heavy atom. The highest BCUT2D eigenvalue weighted by atomic mass is 79.9. The Morgan fingerprint density at radius 3 is 2.86 bits per heavy atom. The van der Waals surface area contributed by atoms with Crippen LogP contribution in [-0.2, 0) is 0 Å². The van der Waals surface area contributed by atoms with E-state index in [1.54, 1.807) is 6.20 Å². The quantitative estimate of drug-likeness (QED) is 0.843. The van der Waals surface area contributed by atoms with Crippen LogP contribution in [0.3, 0.4) is 0 Å². The molecule has 5 heteroatoms. The van der Waals surface area contributed by atoms with Gasteiger partial charge >= 0.3 is 0 Å². The Bertz CT molecular complexity index is 352. The third kappa shape index (κ3) is 2.01. The zero-order valence-corrected chi connectivity index (χ0v) is 10.2. The monoisotopic (exact) mass is 275 g/mol. The number of rotatable bonds is 2. The number of hydrogen-bond acceptors (Lipinski definition) is 3. The van der Waals surface area contributed by atoms with Crippen molar-refractivity contribution in [3.8, 4) is 0 Å². The summed E-state index contributed by atoms with van der Waals surface area (Å²) in [5, 5.41) is 3.66. The molecule has 1 saturated carbocycles. The van der Waals surface area contributed by atoms with Gasteiger partial charge in [-0.3, -0.25) is 0 Å². The zero-order chi connectivity index (χ0) is 10.2. The largest absolute Gasteiger partial charge is 0.364 e. The maximum Gasteiger partial charge on any atom is 0.224 e. The van der Waals surface area contributed by atoms with Crippen LogP contribution in [0.25, 0.3) is 0 Å². The fraction of sp³-hybridized carbons (Fsp3) is 0.556. The van der Waals surface area contributed by atoms with E-state index in [-0.39, 0.29) is 10.8 Å². The molecule has 1 aromatic rings. The van der Waals surface area contributed by atoms with Crippen LogP contribution in [0.2, 0.25) is 5.28 Å². The summed E-state index contributed by atoms with van der Waals surface area (Å²) in [7, 11) is 0. The highest BCUT2D eigenvalue weighted by molar-refractivity contribution is 9.10. The number of halogens is 2. The van der Waals surface area contributed by atoms with Crippen molar-refractivity contribution >= 4 is 33.3 Å². The summed E-state index contributed by atoms with van der Waals surface area (Å²) >= 11 is 9.11. The Balaban J connectivity index is 2.19. The van der Waals surface area contributed by atoms with Gasteiger partial charge in [0.05, 0.1) is 4.47 Å². The lowest BCUT2D eigenvalue weighted by atomic mass is 9.78. The van der Waals surface area contributed by atoms with Crippen LogP contribution in [0.1, 0.15) is 26.2 Å². The Labute approximate surface area is 96.4 Å². The van der Waals surface area contributed by atoms with Crippen LogP contribution < -0.4 is 5.32 Å². The van der Waals surface area contributed by atoms with Gasteiger partial charge in [0.25, 0.3) is 0 Å². The summed E-state index contributed by atoms with van der Waals surface area (Å²) in [4.78, 5) is 8.02. The van der Waals surface area contributed by atoms with Gasteiger partial charge in [0.15, 0.2) is 0 Å². The second-order valence-corrected chi connectivity index (χ2v) is 5.07. The number of aromatic nitrogens is 2. The average molecular weight is 277 g/mol. The van der Waals surface area contributed by atoms with Crippen molar-refractivity contribution in [2.45, 2.75) is 31.7 Å². The first-order chi connectivity index (χ1) is 6.59. The predicted molar refractivity (Wildman–Crippen MR) is 60.6 cm³/mol. The molecule has 0 amide bonds. The van der Waals surface area contributed by atoms with E-state index in [9.17, 15) is 0 Å². The van der Waals surface area contributed by atoms with E-state index in [4.69, 9.17) is 11.6 Å². The standard InChI is InChI=1S/C9H11BrClN3/c1-9(3-2-4-9)14-7-6(10)5-12-8(11)13-7/h5H,2-4H2,1H3,(H,12,13,14). The van der Waals surface area contributed by atoms with Crippen molar-refractivity contribution in [2.75, 3.05) is 5.32 Å². The van der Waals surface area contributed by atoms with Crippen LogP contribution in [0.4, 0.5) is 5.82 Å². The normalized spacial score (nSPS) is 18.8. The van der Waals surface area contributed by atoms with Gasteiger partial charge in [-0.15, -0.1) is 0 Å². The van der Waals surface area contributed by atoms with E-state index in [1.807, 2.05) is 0 Å². The van der Waals surface area contributed by atoms with Crippen molar-refractivity contribution in [3.05, 3.63) is 16.0 Å². The van der Waals surface area contributed by atoms with E-state index in [2.05, 4.69) is 38.1 Å². The maximum atomic E-state index is 5.72. The molecule has 0 radical (unpaired) electrons. The molecule has 76 valence electrons. The van der Waals surface area contributed by atoms with Crippen LogP contribution in [0.15, 0.2) is 10.7 Å². The fourth-order valence-corrected chi connectivity index (χ4v) is 1.97. The molecule has 14 heavy (non-hydrogen) atoms. The molecule has 0 aliphatic heterocycles. The first kappa shape index (κ1) is 10.2. The lowest BCUT2D eigenvalue weighted by Gasteiger charge is -2.39. The van der Waals surface area contributed by atoms with E-state index in [0.29, 0.717) is 0 Å². The van der Waals surface area contributed by atoms with Crippen molar-refractivity contribution in [1.29, 1.82) is 0 Å². The summed E-state index contributed by atoms with van der Waals surface area (Å²) < 4.78 is 0.857. The van der Waals surface area contributed by atoms with Gasteiger partial charge in [0, 0.05) is 11.7 Å². The molecule has 1 heterocycles. The Hall–Kier alpha value is -0.350. The van der Waals surface area contributed by atoms with Crippen molar-refractivity contribution < 1.29 is 0 Å². The van der Waals surface area contributed by atoms with E-state index in [1.165, 1.54) is 19.3 Å². The van der Waals surface area contributed by atoms with Crippen LogP contribution in [-0.4, -0.2) is 15.5 Å². The fourth-order valence-electron chi connectivity index (χ4n) is 1.55. The summed E-state index contributed by atoms with van der Waals surface area (Å²) in [6, 6.07) is 0. The molecule has 1 N–H and O–H groups in total. The van der Waals surface area contributed by atoms with Gasteiger partial charge in [-0.1, -0.05) is 0 Å². The van der Waals surface area contributed by atoms with Gasteiger partial charge in [0.1, 0.15) is 5.82 Å². The van der Waals surface area contributed by atoms with E-state index >= 15 is 0 Å². The SMILES string of the molecule is CC1(Nc2nc(Cl)ncc2Br)CCC1. The topological polar surface area (TPSA) is 37.8 Å². The molecule has 1 aliphatic carbocycles. The third-order valence-electron chi connectivity index (χ3n) is 2.59. The molecule has 1 aromatic heterocycles. The number of anilines is 1. The summed E-state index contributed by atoms with van der Waals surface area (Å²) in [5.41, 5.74) is 0.181. The zero-order valence-electron chi connectivity index (χ0n) is 7.85. The molecule has 0 saturated heterocycles. The molecule has 0 aromatic carbocycles. The van der Waals surface area contributed by atoms with Crippen molar-refractivity contribution in [1.82, 2.24) is 9.97 Å². The highest BCUT2D eigenvalue weighted by Gasteiger charge is 2.32. The van der Waals surface area contributed by atoms with Gasteiger partial charge in [0.2, 0.25) is 5.28 Å². The summed E-state index contributed by atoms with van der Waals surface area (Å²) in [6.07, 6.45) is 5.31. The van der Waals surface area contributed by atoms with Gasteiger partial charge in [-0.2, -0.15) is 4.98 Å². The maximum absolute atomic E-state index is 5.72. The van der Waals surface area contributed by atoms with Crippen LogP contribution in [0, 0.1) is 0 Å².